The van der Waals surface area contributed by atoms with Crippen molar-refractivity contribution in [2.75, 3.05) is 10.7 Å². The molecule has 0 bridgehead atoms. The summed E-state index contributed by atoms with van der Waals surface area (Å²) in [5.41, 5.74) is -0.478. The molecule has 0 aliphatic rings. The van der Waals surface area contributed by atoms with Crippen molar-refractivity contribution in [3.63, 3.8) is 0 Å². The minimum absolute atomic E-state index is 0.0396. The maximum atomic E-state index is 13.7. The second-order valence-electron chi connectivity index (χ2n) is 3.96. The van der Waals surface area contributed by atoms with Gasteiger partial charge in [-0.2, -0.15) is 0 Å². The summed E-state index contributed by atoms with van der Waals surface area (Å²) in [7, 11) is 0. The van der Waals surface area contributed by atoms with Gasteiger partial charge in [-0.1, -0.05) is 56.5 Å². The molecule has 1 aromatic carbocycles. The first-order chi connectivity index (χ1) is 8.49. The van der Waals surface area contributed by atoms with E-state index in [1.54, 1.807) is 6.07 Å². The van der Waals surface area contributed by atoms with E-state index in [2.05, 4.69) is 37.2 Å². The van der Waals surface area contributed by atoms with Crippen LogP contribution < -0.4 is 5.32 Å². The third-order valence-corrected chi connectivity index (χ3v) is 5.20. The van der Waals surface area contributed by atoms with Crippen molar-refractivity contribution in [2.24, 2.45) is 0 Å². The van der Waals surface area contributed by atoms with Gasteiger partial charge in [-0.05, 0) is 18.6 Å². The largest absolute Gasteiger partial charge is 0.345 e. The predicted molar refractivity (Wildman–Crippen MR) is 79.5 cm³/mol. The zero-order valence-electron chi connectivity index (χ0n) is 9.77. The molecule has 1 N–H and O–H groups in total. The quantitative estimate of drug-likeness (QED) is 0.738. The van der Waals surface area contributed by atoms with Crippen LogP contribution in [0.25, 0.3) is 0 Å². The van der Waals surface area contributed by atoms with Gasteiger partial charge < -0.3 is 5.32 Å². The molecule has 1 aromatic rings. The molecular weight excluding hydrogens is 388 g/mol. The Bertz CT molecular complexity index is 430. The number of hydrogen-bond acceptors (Lipinski definition) is 1. The van der Waals surface area contributed by atoms with Gasteiger partial charge >= 0.3 is 0 Å². The molecule has 0 saturated carbocycles. The maximum absolute atomic E-state index is 13.7. The molecule has 0 unspecified atom stereocenters. The summed E-state index contributed by atoms with van der Waals surface area (Å²) in [4.78, 5) is 12.1. The summed E-state index contributed by atoms with van der Waals surface area (Å²) in [5.74, 6) is -1.15. The topological polar surface area (TPSA) is 29.1 Å². The highest BCUT2D eigenvalue weighted by atomic mass is 79.9. The molecule has 18 heavy (non-hydrogen) atoms. The fraction of sp³-hybridized carbons (Fsp3) is 0.417. The Morgan fingerprint density at radius 3 is 2.56 bits per heavy atom. The van der Waals surface area contributed by atoms with Gasteiger partial charge in [0.25, 0.3) is 5.91 Å². The van der Waals surface area contributed by atoms with Crippen LogP contribution in [0.15, 0.2) is 18.2 Å². The first-order valence-electron chi connectivity index (χ1n) is 5.38. The van der Waals surface area contributed by atoms with E-state index in [1.165, 1.54) is 12.1 Å². The van der Waals surface area contributed by atoms with Crippen LogP contribution in [0.3, 0.4) is 0 Å². The number of amides is 1. The highest BCUT2D eigenvalue weighted by molar-refractivity contribution is 9.09. The van der Waals surface area contributed by atoms with Crippen molar-refractivity contribution in [3.05, 3.63) is 34.6 Å². The van der Waals surface area contributed by atoms with E-state index in [9.17, 15) is 9.18 Å². The third-order valence-electron chi connectivity index (χ3n) is 2.76. The second-order valence-corrected chi connectivity index (χ2v) is 5.49. The molecule has 2 nitrogen and oxygen atoms in total. The van der Waals surface area contributed by atoms with Crippen LogP contribution >= 0.6 is 43.5 Å². The summed E-state index contributed by atoms with van der Waals surface area (Å²) < 4.78 is 13.7. The SMILES string of the molecule is CCC(CBr)(CBr)NC(=O)c1cccc(Cl)c1F. The summed E-state index contributed by atoms with van der Waals surface area (Å²) >= 11 is 12.4. The number of nitrogens with one attached hydrogen (secondary N) is 1. The van der Waals surface area contributed by atoms with Crippen LogP contribution in [0.2, 0.25) is 5.02 Å². The molecule has 0 radical (unpaired) electrons. The fourth-order valence-corrected chi connectivity index (χ4v) is 3.54. The summed E-state index contributed by atoms with van der Waals surface area (Å²) in [5, 5.41) is 3.94. The van der Waals surface area contributed by atoms with E-state index in [1.807, 2.05) is 6.92 Å². The molecule has 0 fully saturated rings. The highest BCUT2D eigenvalue weighted by Gasteiger charge is 2.29. The van der Waals surface area contributed by atoms with E-state index in [4.69, 9.17) is 11.6 Å². The number of benzene rings is 1. The molecule has 0 atom stereocenters. The lowest BCUT2D eigenvalue weighted by atomic mass is 10.0. The highest BCUT2D eigenvalue weighted by Crippen LogP contribution is 2.21. The number of halogens is 4. The van der Waals surface area contributed by atoms with Gasteiger partial charge in [-0.15, -0.1) is 0 Å². The number of carbonyl (C=O) groups is 1. The van der Waals surface area contributed by atoms with Crippen LogP contribution in [0.1, 0.15) is 23.7 Å². The fourth-order valence-electron chi connectivity index (χ4n) is 1.37. The van der Waals surface area contributed by atoms with Gasteiger partial charge in [-0.3, -0.25) is 4.79 Å². The van der Waals surface area contributed by atoms with Gasteiger partial charge in [0.15, 0.2) is 5.82 Å². The van der Waals surface area contributed by atoms with Crippen LogP contribution in [0.5, 0.6) is 0 Å². The minimum Gasteiger partial charge on any atom is -0.345 e. The normalized spacial score (nSPS) is 11.4. The molecule has 6 heteroatoms. The summed E-state index contributed by atoms with van der Waals surface area (Å²) in [6, 6.07) is 4.38. The minimum atomic E-state index is -0.689. The molecule has 0 heterocycles. The van der Waals surface area contributed by atoms with Crippen LogP contribution in [0.4, 0.5) is 4.39 Å². The average molecular weight is 402 g/mol. The van der Waals surface area contributed by atoms with Crippen molar-refractivity contribution in [2.45, 2.75) is 18.9 Å². The first kappa shape index (κ1) is 15.9. The maximum Gasteiger partial charge on any atom is 0.254 e. The zero-order chi connectivity index (χ0) is 13.8. The van der Waals surface area contributed by atoms with Crippen LogP contribution in [-0.2, 0) is 0 Å². The molecule has 100 valence electrons. The molecule has 0 aliphatic heterocycles. The van der Waals surface area contributed by atoms with Gasteiger partial charge in [0.1, 0.15) is 0 Å². The van der Waals surface area contributed by atoms with Crippen molar-refractivity contribution in [3.8, 4) is 0 Å². The van der Waals surface area contributed by atoms with E-state index in [0.717, 1.165) is 6.42 Å². The molecule has 0 aromatic heterocycles. The Balaban J connectivity index is 2.98. The Labute approximate surface area is 128 Å². The molecule has 1 amide bonds. The number of carbonyl (C=O) groups excluding carboxylic acids is 1. The summed E-state index contributed by atoms with van der Waals surface area (Å²) in [6.45, 7) is 1.96. The average Bonchev–Trinajstić information content (AvgIpc) is 2.39. The Hall–Kier alpha value is -0.130. The van der Waals surface area contributed by atoms with E-state index < -0.39 is 17.3 Å². The first-order valence-corrected chi connectivity index (χ1v) is 8.00. The molecule has 0 aliphatic carbocycles. The number of alkyl halides is 2. The van der Waals surface area contributed by atoms with E-state index in [0.29, 0.717) is 10.7 Å². The summed E-state index contributed by atoms with van der Waals surface area (Å²) in [6.07, 6.45) is 0.720. The van der Waals surface area contributed by atoms with Gasteiger partial charge in [0, 0.05) is 10.7 Å². The Kier molecular flexibility index (Phi) is 6.08. The molecule has 0 saturated heterocycles. The molecule has 1 rings (SSSR count). The van der Waals surface area contributed by atoms with Crippen molar-refractivity contribution < 1.29 is 9.18 Å². The third kappa shape index (κ3) is 3.45. The van der Waals surface area contributed by atoms with Crippen LogP contribution in [-0.4, -0.2) is 22.1 Å². The van der Waals surface area contributed by atoms with Gasteiger partial charge in [0.05, 0.1) is 16.1 Å². The number of hydrogen-bond donors (Lipinski definition) is 1. The smallest absolute Gasteiger partial charge is 0.254 e. The Morgan fingerprint density at radius 1 is 1.44 bits per heavy atom. The van der Waals surface area contributed by atoms with Gasteiger partial charge in [-0.25, -0.2) is 4.39 Å². The molecular formula is C12H13Br2ClFNO. The lowest BCUT2D eigenvalue weighted by molar-refractivity contribution is 0.0911. The van der Waals surface area contributed by atoms with E-state index >= 15 is 0 Å². The van der Waals surface area contributed by atoms with Crippen molar-refractivity contribution in [1.82, 2.24) is 5.32 Å². The lowest BCUT2D eigenvalue weighted by Crippen LogP contribution is -2.51. The second kappa shape index (κ2) is 6.87. The zero-order valence-corrected chi connectivity index (χ0v) is 13.7. The lowest BCUT2D eigenvalue weighted by Gasteiger charge is -2.30. The number of rotatable bonds is 5. The monoisotopic (exact) mass is 399 g/mol. The van der Waals surface area contributed by atoms with Gasteiger partial charge in [0.2, 0.25) is 0 Å². The molecule has 0 spiro atoms. The standard InChI is InChI=1S/C12H13Br2ClFNO/c1-2-12(6-13,7-14)17-11(18)8-4-3-5-9(15)10(8)16/h3-5H,2,6-7H2,1H3,(H,17,18). The van der Waals surface area contributed by atoms with Crippen molar-refractivity contribution in [1.29, 1.82) is 0 Å². The van der Waals surface area contributed by atoms with Crippen molar-refractivity contribution >= 4 is 49.4 Å². The van der Waals surface area contributed by atoms with Crippen LogP contribution in [0, 0.1) is 5.82 Å². The van der Waals surface area contributed by atoms with E-state index in [-0.39, 0.29) is 10.6 Å². The Morgan fingerprint density at radius 2 is 2.06 bits per heavy atom. The predicted octanol–water partition coefficient (Wildman–Crippen LogP) is 4.15.